The van der Waals surface area contributed by atoms with Gasteiger partial charge < -0.3 is 15.3 Å². The van der Waals surface area contributed by atoms with Crippen LogP contribution < -0.4 is 5.32 Å². The average molecular weight is 312 g/mol. The molecule has 1 amide bonds. The van der Waals surface area contributed by atoms with Gasteiger partial charge in [-0.1, -0.05) is 17.7 Å². The minimum atomic E-state index is -0.353. The second-order valence-corrected chi connectivity index (χ2v) is 6.23. The van der Waals surface area contributed by atoms with Crippen molar-refractivity contribution in [1.29, 1.82) is 0 Å². The first kappa shape index (κ1) is 16.2. The number of hydrogen-bond acceptors (Lipinski definition) is 4. The average Bonchev–Trinajstić information content (AvgIpc) is 2.68. The fourth-order valence-corrected chi connectivity index (χ4v) is 2.90. The standard InChI is InChI=1S/C15H22ClN3O2/c1-18(2)8-13-7-14(20)9-19(13)10-15(21)17-12-5-3-4-11(16)6-12/h3-6,13-14,20H,7-10H2,1-2H3,(H,17,21). The van der Waals surface area contributed by atoms with E-state index in [0.29, 0.717) is 23.7 Å². The second kappa shape index (κ2) is 7.22. The second-order valence-electron chi connectivity index (χ2n) is 5.79. The van der Waals surface area contributed by atoms with E-state index >= 15 is 0 Å². The number of benzene rings is 1. The number of hydrogen-bond donors (Lipinski definition) is 2. The number of likely N-dealkylation sites (tertiary alicyclic amines) is 1. The van der Waals surface area contributed by atoms with Crippen LogP contribution in [0.1, 0.15) is 6.42 Å². The molecule has 2 N–H and O–H groups in total. The van der Waals surface area contributed by atoms with Crippen LogP contribution in [0.2, 0.25) is 5.02 Å². The van der Waals surface area contributed by atoms with Gasteiger partial charge in [0, 0.05) is 29.8 Å². The molecule has 5 nitrogen and oxygen atoms in total. The number of rotatable bonds is 5. The Bertz CT molecular complexity index is 496. The normalized spacial score (nSPS) is 22.7. The Morgan fingerprint density at radius 2 is 2.29 bits per heavy atom. The fraction of sp³-hybridized carbons (Fsp3) is 0.533. The molecule has 1 aromatic rings. The largest absolute Gasteiger partial charge is 0.392 e. The Hall–Kier alpha value is -1.14. The van der Waals surface area contributed by atoms with Crippen molar-refractivity contribution in [3.63, 3.8) is 0 Å². The zero-order valence-corrected chi connectivity index (χ0v) is 13.2. The summed E-state index contributed by atoms with van der Waals surface area (Å²) in [5, 5.41) is 13.2. The molecule has 116 valence electrons. The molecule has 1 aromatic carbocycles. The molecular formula is C15H22ClN3O2. The van der Waals surface area contributed by atoms with Gasteiger partial charge in [-0.2, -0.15) is 0 Å². The van der Waals surface area contributed by atoms with E-state index in [9.17, 15) is 9.90 Å². The van der Waals surface area contributed by atoms with Crippen LogP contribution in [0.5, 0.6) is 0 Å². The van der Waals surface area contributed by atoms with Crippen molar-refractivity contribution in [1.82, 2.24) is 9.80 Å². The molecule has 0 spiro atoms. The van der Waals surface area contributed by atoms with Gasteiger partial charge >= 0.3 is 0 Å². The Labute approximate surface area is 130 Å². The number of aliphatic hydroxyl groups excluding tert-OH is 1. The summed E-state index contributed by atoms with van der Waals surface area (Å²) in [7, 11) is 3.99. The highest BCUT2D eigenvalue weighted by Gasteiger charge is 2.32. The minimum absolute atomic E-state index is 0.0878. The highest BCUT2D eigenvalue weighted by molar-refractivity contribution is 6.30. The maximum absolute atomic E-state index is 12.1. The van der Waals surface area contributed by atoms with Crippen molar-refractivity contribution in [3.05, 3.63) is 29.3 Å². The maximum atomic E-state index is 12.1. The predicted molar refractivity (Wildman–Crippen MR) is 84.6 cm³/mol. The van der Waals surface area contributed by atoms with Gasteiger partial charge in [-0.25, -0.2) is 0 Å². The van der Waals surface area contributed by atoms with Gasteiger partial charge in [0.2, 0.25) is 5.91 Å². The Morgan fingerprint density at radius 3 is 2.95 bits per heavy atom. The maximum Gasteiger partial charge on any atom is 0.238 e. The lowest BCUT2D eigenvalue weighted by molar-refractivity contribution is -0.117. The van der Waals surface area contributed by atoms with Gasteiger partial charge in [-0.3, -0.25) is 9.69 Å². The third-order valence-electron chi connectivity index (χ3n) is 3.54. The van der Waals surface area contributed by atoms with Crippen molar-refractivity contribution in [2.75, 3.05) is 39.0 Å². The van der Waals surface area contributed by atoms with Crippen LogP contribution in [0.4, 0.5) is 5.69 Å². The van der Waals surface area contributed by atoms with Crippen molar-refractivity contribution < 1.29 is 9.90 Å². The van der Waals surface area contributed by atoms with E-state index in [1.807, 2.05) is 19.0 Å². The number of aliphatic hydroxyl groups is 1. The molecule has 1 saturated heterocycles. The highest BCUT2D eigenvalue weighted by Crippen LogP contribution is 2.19. The first-order valence-electron chi connectivity index (χ1n) is 7.06. The molecule has 1 aliphatic heterocycles. The molecule has 2 atom stereocenters. The molecule has 0 saturated carbocycles. The van der Waals surface area contributed by atoms with Crippen LogP contribution in [-0.2, 0) is 4.79 Å². The summed E-state index contributed by atoms with van der Waals surface area (Å²) in [5.74, 6) is -0.0878. The quantitative estimate of drug-likeness (QED) is 0.860. The predicted octanol–water partition coefficient (Wildman–Crippen LogP) is 1.28. The topological polar surface area (TPSA) is 55.8 Å². The number of carbonyl (C=O) groups is 1. The molecule has 1 fully saturated rings. The number of amides is 1. The monoisotopic (exact) mass is 311 g/mol. The fourth-order valence-electron chi connectivity index (χ4n) is 2.71. The molecule has 1 aliphatic rings. The van der Waals surface area contributed by atoms with E-state index in [1.165, 1.54) is 0 Å². The molecule has 6 heteroatoms. The zero-order chi connectivity index (χ0) is 15.4. The molecule has 1 heterocycles. The zero-order valence-electron chi connectivity index (χ0n) is 12.4. The Morgan fingerprint density at radius 1 is 1.52 bits per heavy atom. The van der Waals surface area contributed by atoms with Crippen molar-refractivity contribution >= 4 is 23.2 Å². The lowest BCUT2D eigenvalue weighted by Gasteiger charge is -2.26. The van der Waals surface area contributed by atoms with Crippen molar-refractivity contribution in [2.45, 2.75) is 18.6 Å². The smallest absolute Gasteiger partial charge is 0.238 e. The number of halogens is 1. The van der Waals surface area contributed by atoms with Gasteiger partial charge in [-0.05, 0) is 38.7 Å². The molecule has 0 aliphatic carbocycles. The molecule has 2 rings (SSSR count). The van der Waals surface area contributed by atoms with Crippen molar-refractivity contribution in [2.24, 2.45) is 0 Å². The summed E-state index contributed by atoms with van der Waals surface area (Å²) < 4.78 is 0. The van der Waals surface area contributed by atoms with Crippen LogP contribution in [0, 0.1) is 0 Å². The Balaban J connectivity index is 1.91. The number of β-amino-alcohol motifs (C(OH)–C–C–N with tert-alkyl or cyclic N) is 1. The van der Waals surface area contributed by atoms with Crippen molar-refractivity contribution in [3.8, 4) is 0 Å². The highest BCUT2D eigenvalue weighted by atomic mass is 35.5. The summed E-state index contributed by atoms with van der Waals surface area (Å²) in [4.78, 5) is 16.2. The van der Waals surface area contributed by atoms with E-state index in [-0.39, 0.29) is 24.6 Å². The first-order chi connectivity index (χ1) is 9.94. The van der Waals surface area contributed by atoms with E-state index < -0.39 is 0 Å². The Kier molecular flexibility index (Phi) is 5.58. The van der Waals surface area contributed by atoms with Crippen LogP contribution in [0.15, 0.2) is 24.3 Å². The summed E-state index contributed by atoms with van der Waals surface area (Å²) in [6.07, 6.45) is 0.358. The number of anilines is 1. The molecule has 0 bridgehead atoms. The summed E-state index contributed by atoms with van der Waals surface area (Å²) in [5.41, 5.74) is 0.691. The van der Waals surface area contributed by atoms with Crippen LogP contribution in [0.25, 0.3) is 0 Å². The van der Waals surface area contributed by atoms with Gasteiger partial charge in [0.15, 0.2) is 0 Å². The molecular weight excluding hydrogens is 290 g/mol. The molecule has 0 radical (unpaired) electrons. The first-order valence-corrected chi connectivity index (χ1v) is 7.44. The van der Waals surface area contributed by atoms with E-state index in [4.69, 9.17) is 11.6 Å². The number of nitrogens with one attached hydrogen (secondary N) is 1. The minimum Gasteiger partial charge on any atom is -0.392 e. The summed E-state index contributed by atoms with van der Waals surface area (Å²) in [6, 6.07) is 7.29. The summed E-state index contributed by atoms with van der Waals surface area (Å²) in [6.45, 7) is 1.66. The van der Waals surface area contributed by atoms with Gasteiger partial charge in [0.1, 0.15) is 0 Å². The summed E-state index contributed by atoms with van der Waals surface area (Å²) >= 11 is 5.90. The molecule has 2 unspecified atom stereocenters. The molecule has 21 heavy (non-hydrogen) atoms. The van der Waals surface area contributed by atoms with E-state index in [2.05, 4.69) is 10.2 Å². The van der Waals surface area contributed by atoms with Crippen LogP contribution in [-0.4, -0.2) is 66.7 Å². The number of carbonyl (C=O) groups excluding carboxylic acids is 1. The van der Waals surface area contributed by atoms with Gasteiger partial charge in [-0.15, -0.1) is 0 Å². The third kappa shape index (κ3) is 4.97. The lowest BCUT2D eigenvalue weighted by Crippen LogP contribution is -2.41. The SMILES string of the molecule is CN(C)CC1CC(O)CN1CC(=O)Nc1cccc(Cl)c1. The van der Waals surface area contributed by atoms with E-state index in [1.54, 1.807) is 24.3 Å². The molecule has 0 aromatic heterocycles. The number of likely N-dealkylation sites (N-methyl/N-ethyl adjacent to an activating group) is 1. The van der Waals surface area contributed by atoms with Gasteiger partial charge in [0.25, 0.3) is 0 Å². The van der Waals surface area contributed by atoms with Crippen LogP contribution >= 0.6 is 11.6 Å². The van der Waals surface area contributed by atoms with Gasteiger partial charge in [0.05, 0.1) is 12.6 Å². The number of nitrogens with zero attached hydrogens (tertiary/aromatic N) is 2. The van der Waals surface area contributed by atoms with Crippen LogP contribution in [0.3, 0.4) is 0 Å². The third-order valence-corrected chi connectivity index (χ3v) is 3.77. The lowest BCUT2D eigenvalue weighted by atomic mass is 10.2. The van der Waals surface area contributed by atoms with E-state index in [0.717, 1.165) is 6.54 Å².